The van der Waals surface area contributed by atoms with Crippen molar-refractivity contribution in [2.24, 2.45) is 5.73 Å². The van der Waals surface area contributed by atoms with E-state index < -0.39 is 6.04 Å². The highest BCUT2D eigenvalue weighted by atomic mass is 35.5. The minimum absolute atomic E-state index is 0. The number of nitrogens with zero attached hydrogens (tertiary/aromatic N) is 3. The van der Waals surface area contributed by atoms with Crippen LogP contribution in [-0.2, 0) is 11.2 Å². The number of anilines is 1. The van der Waals surface area contributed by atoms with Crippen LogP contribution in [0.3, 0.4) is 0 Å². The van der Waals surface area contributed by atoms with E-state index in [1.165, 1.54) is 0 Å². The van der Waals surface area contributed by atoms with E-state index in [1.54, 1.807) is 13.3 Å². The van der Waals surface area contributed by atoms with Crippen molar-refractivity contribution in [2.45, 2.75) is 45.2 Å². The van der Waals surface area contributed by atoms with Crippen LogP contribution in [0, 0.1) is 0 Å². The van der Waals surface area contributed by atoms with Gasteiger partial charge >= 0.3 is 0 Å². The molecule has 8 heteroatoms. The number of rotatable bonds is 4. The van der Waals surface area contributed by atoms with Gasteiger partial charge in [0.2, 0.25) is 5.91 Å². The first-order chi connectivity index (χ1) is 9.60. The van der Waals surface area contributed by atoms with Crippen LogP contribution in [0.4, 0.5) is 5.82 Å². The smallest absolute Gasteiger partial charge is 0.236 e. The summed E-state index contributed by atoms with van der Waals surface area (Å²) in [6, 6.07) is 1.82. The fourth-order valence-corrected chi connectivity index (χ4v) is 2.34. The number of carbonyl (C=O) groups is 1. The van der Waals surface area contributed by atoms with Gasteiger partial charge in [0.25, 0.3) is 0 Å². The Balaban J connectivity index is 0.00000220. The van der Waals surface area contributed by atoms with Gasteiger partial charge in [-0.25, -0.2) is 9.97 Å². The summed E-state index contributed by atoms with van der Waals surface area (Å²) < 4.78 is 0. The fraction of sp³-hybridized carbons (Fsp3) is 0.643. The van der Waals surface area contributed by atoms with E-state index in [9.17, 15) is 4.79 Å². The molecule has 22 heavy (non-hydrogen) atoms. The predicted molar refractivity (Wildman–Crippen MR) is 92.9 cm³/mol. The molecule has 2 heterocycles. The van der Waals surface area contributed by atoms with Gasteiger partial charge in [-0.3, -0.25) is 4.79 Å². The Morgan fingerprint density at radius 1 is 1.41 bits per heavy atom. The first kappa shape index (κ1) is 20.9. The minimum Gasteiger partial charge on any atom is -0.356 e. The summed E-state index contributed by atoms with van der Waals surface area (Å²) in [4.78, 5) is 22.4. The Kier molecular flexibility index (Phi) is 9.32. The van der Waals surface area contributed by atoms with Gasteiger partial charge in [0.15, 0.2) is 0 Å². The average Bonchev–Trinajstić information content (AvgIpc) is 2.48. The number of piperidine rings is 1. The summed E-state index contributed by atoms with van der Waals surface area (Å²) >= 11 is 0. The average molecular weight is 350 g/mol. The van der Waals surface area contributed by atoms with Crippen LogP contribution in [0.15, 0.2) is 12.4 Å². The van der Waals surface area contributed by atoms with E-state index in [0.717, 1.165) is 43.9 Å². The molecule has 0 unspecified atom stereocenters. The summed E-state index contributed by atoms with van der Waals surface area (Å²) in [6.45, 7) is 5.58. The van der Waals surface area contributed by atoms with Crippen molar-refractivity contribution in [3.05, 3.63) is 18.1 Å². The van der Waals surface area contributed by atoms with Crippen LogP contribution < -0.4 is 16.0 Å². The quantitative estimate of drug-likeness (QED) is 0.856. The number of nitrogens with two attached hydrogens (primary N) is 1. The summed E-state index contributed by atoms with van der Waals surface area (Å²) in [6.07, 6.45) is 4.38. The van der Waals surface area contributed by atoms with Crippen molar-refractivity contribution in [2.75, 3.05) is 18.0 Å². The molecule has 0 aliphatic carbocycles. The Labute approximate surface area is 144 Å². The summed E-state index contributed by atoms with van der Waals surface area (Å²) in [5.74, 6) is 0.910. The molecule has 1 aliphatic heterocycles. The van der Waals surface area contributed by atoms with Crippen molar-refractivity contribution >= 4 is 36.5 Å². The molecule has 1 saturated heterocycles. The lowest BCUT2D eigenvalue weighted by molar-refractivity contribution is -0.122. The van der Waals surface area contributed by atoms with E-state index >= 15 is 0 Å². The highest BCUT2D eigenvalue weighted by Crippen LogP contribution is 2.18. The van der Waals surface area contributed by atoms with Gasteiger partial charge in [0.05, 0.1) is 6.04 Å². The van der Waals surface area contributed by atoms with E-state index in [0.29, 0.717) is 0 Å². The third-order valence-corrected chi connectivity index (χ3v) is 3.65. The second-order valence-corrected chi connectivity index (χ2v) is 5.28. The second kappa shape index (κ2) is 9.82. The molecule has 1 amide bonds. The molecule has 0 radical (unpaired) electrons. The molecule has 1 atom stereocenters. The van der Waals surface area contributed by atoms with Gasteiger partial charge in [-0.2, -0.15) is 0 Å². The van der Waals surface area contributed by atoms with Gasteiger partial charge in [-0.05, 0) is 26.2 Å². The Hall–Kier alpha value is -1.11. The Morgan fingerprint density at radius 2 is 2.05 bits per heavy atom. The van der Waals surface area contributed by atoms with Crippen molar-refractivity contribution < 1.29 is 4.79 Å². The highest BCUT2D eigenvalue weighted by Gasteiger charge is 2.22. The molecule has 6 nitrogen and oxygen atoms in total. The molecular formula is C14H25Cl2N5O. The van der Waals surface area contributed by atoms with Crippen molar-refractivity contribution in [1.82, 2.24) is 15.3 Å². The molecule has 126 valence electrons. The molecule has 2 rings (SSSR count). The largest absolute Gasteiger partial charge is 0.356 e. The summed E-state index contributed by atoms with van der Waals surface area (Å²) in [5.41, 5.74) is 6.62. The van der Waals surface area contributed by atoms with Crippen LogP contribution in [0.1, 0.15) is 32.4 Å². The van der Waals surface area contributed by atoms with Crippen LogP contribution in [0.2, 0.25) is 0 Å². The molecule has 0 spiro atoms. The molecule has 1 aromatic heterocycles. The zero-order valence-electron chi connectivity index (χ0n) is 13.0. The van der Waals surface area contributed by atoms with E-state index in [1.807, 2.05) is 6.07 Å². The number of carbonyl (C=O) groups excluding carboxylic acids is 1. The third kappa shape index (κ3) is 5.59. The molecule has 0 saturated carbocycles. The standard InChI is InChI=1S/C14H23N5O.2ClH/c1-3-11-8-13(17-9-16-11)19-6-4-12(5-7-19)18-14(20)10(2)15;;/h8-10,12H,3-7,15H2,1-2H3,(H,18,20);2*1H/t10-;;/m1../s1. The number of amides is 1. The summed E-state index contributed by atoms with van der Waals surface area (Å²) in [5, 5.41) is 2.99. The van der Waals surface area contributed by atoms with E-state index in [4.69, 9.17) is 5.73 Å². The van der Waals surface area contributed by atoms with Gasteiger partial charge in [-0.1, -0.05) is 6.92 Å². The van der Waals surface area contributed by atoms with Crippen molar-refractivity contribution in [3.63, 3.8) is 0 Å². The van der Waals surface area contributed by atoms with Gasteiger partial charge < -0.3 is 16.0 Å². The molecule has 1 fully saturated rings. The van der Waals surface area contributed by atoms with Crippen molar-refractivity contribution in [3.8, 4) is 0 Å². The van der Waals surface area contributed by atoms with E-state index in [2.05, 4.69) is 27.1 Å². The topological polar surface area (TPSA) is 84.1 Å². The lowest BCUT2D eigenvalue weighted by Gasteiger charge is -2.33. The maximum atomic E-state index is 11.6. The first-order valence-electron chi connectivity index (χ1n) is 7.22. The first-order valence-corrected chi connectivity index (χ1v) is 7.22. The van der Waals surface area contributed by atoms with Crippen LogP contribution >= 0.6 is 24.8 Å². The molecule has 3 N–H and O–H groups in total. The lowest BCUT2D eigenvalue weighted by Crippen LogP contribution is -2.49. The molecule has 0 bridgehead atoms. The maximum absolute atomic E-state index is 11.6. The number of aryl methyl sites for hydroxylation is 1. The van der Waals surface area contributed by atoms with Crippen molar-refractivity contribution in [1.29, 1.82) is 0 Å². The predicted octanol–water partition coefficient (Wildman–Crippen LogP) is 1.31. The third-order valence-electron chi connectivity index (χ3n) is 3.65. The molecule has 0 aromatic carbocycles. The van der Waals surface area contributed by atoms with Gasteiger partial charge in [0, 0.05) is 30.9 Å². The fourth-order valence-electron chi connectivity index (χ4n) is 2.34. The second-order valence-electron chi connectivity index (χ2n) is 5.28. The molecule has 1 aromatic rings. The SMILES string of the molecule is CCc1cc(N2CCC(NC(=O)[C@@H](C)N)CC2)ncn1.Cl.Cl. The van der Waals surface area contributed by atoms with Crippen LogP contribution in [0.25, 0.3) is 0 Å². The number of nitrogens with one attached hydrogen (secondary N) is 1. The number of hydrogen-bond acceptors (Lipinski definition) is 5. The zero-order valence-corrected chi connectivity index (χ0v) is 14.6. The zero-order chi connectivity index (χ0) is 14.5. The minimum atomic E-state index is -0.443. The van der Waals surface area contributed by atoms with Crippen LogP contribution in [0.5, 0.6) is 0 Å². The normalized spacial score (nSPS) is 16.2. The molecular weight excluding hydrogens is 325 g/mol. The van der Waals surface area contributed by atoms with Gasteiger partial charge in [-0.15, -0.1) is 24.8 Å². The Morgan fingerprint density at radius 3 is 2.59 bits per heavy atom. The Bertz CT molecular complexity index is 464. The number of halogens is 2. The monoisotopic (exact) mass is 349 g/mol. The molecule has 1 aliphatic rings. The lowest BCUT2D eigenvalue weighted by atomic mass is 10.0. The van der Waals surface area contributed by atoms with Crippen LogP contribution in [-0.4, -0.2) is 41.0 Å². The maximum Gasteiger partial charge on any atom is 0.236 e. The summed E-state index contributed by atoms with van der Waals surface area (Å²) in [7, 11) is 0. The number of aromatic nitrogens is 2. The highest BCUT2D eigenvalue weighted by molar-refractivity contribution is 5.85. The van der Waals surface area contributed by atoms with Gasteiger partial charge in [0.1, 0.15) is 12.1 Å². The number of hydrogen-bond donors (Lipinski definition) is 2. The van der Waals surface area contributed by atoms with E-state index in [-0.39, 0.29) is 36.8 Å².